The molecule has 1 aromatic heterocycles. The Morgan fingerprint density at radius 2 is 1.73 bits per heavy atom. The molecule has 6 rings (SSSR count). The summed E-state index contributed by atoms with van der Waals surface area (Å²) in [5.74, 6) is -0.471. The number of allylic oxidation sites excluding steroid dienone is 1. The second-order valence-electron chi connectivity index (χ2n) is 12.1. The van der Waals surface area contributed by atoms with Crippen LogP contribution in [0.15, 0.2) is 66.2 Å². The lowest BCUT2D eigenvalue weighted by atomic mass is 9.73. The van der Waals surface area contributed by atoms with Crippen molar-refractivity contribution in [3.63, 3.8) is 0 Å². The van der Waals surface area contributed by atoms with Crippen molar-refractivity contribution in [2.75, 3.05) is 44.2 Å². The third kappa shape index (κ3) is 6.17. The Bertz CT molecular complexity index is 1370. The maximum Gasteiger partial charge on any atom is 0.357 e. The van der Waals surface area contributed by atoms with Crippen LogP contribution in [-0.4, -0.2) is 55.2 Å². The first-order valence-electron chi connectivity index (χ1n) is 14.4. The van der Waals surface area contributed by atoms with Crippen LogP contribution in [0.2, 0.25) is 0 Å². The topological polar surface area (TPSA) is 36.0 Å². The molecule has 0 saturated carbocycles. The Balaban J connectivity index is 1.14. The highest BCUT2D eigenvalue weighted by Crippen LogP contribution is 2.46. The smallest absolute Gasteiger partial charge is 0.357 e. The van der Waals surface area contributed by atoms with Gasteiger partial charge in [-0.3, -0.25) is 4.90 Å². The molecular weight excluding hydrogens is 521 g/mol. The Hall–Kier alpha value is -3.00. The first-order valence-corrected chi connectivity index (χ1v) is 15.2. The van der Waals surface area contributed by atoms with Gasteiger partial charge in [0.05, 0.1) is 5.56 Å². The summed E-state index contributed by atoms with van der Waals surface area (Å²) >= 11 is 1.98. The SMILES string of the molecule is CC1(C)CCC(CN2CCN(OC(=O)c3ccccc3)CC2)=C(c2cc3c(s2)CCN(c2ccc(F)cc2)C3)C1. The molecule has 3 aliphatic rings. The van der Waals surface area contributed by atoms with Crippen molar-refractivity contribution in [2.45, 2.75) is 46.1 Å². The van der Waals surface area contributed by atoms with E-state index < -0.39 is 0 Å². The van der Waals surface area contributed by atoms with Gasteiger partial charge in [0.2, 0.25) is 0 Å². The van der Waals surface area contributed by atoms with Crippen molar-refractivity contribution in [2.24, 2.45) is 5.41 Å². The summed E-state index contributed by atoms with van der Waals surface area (Å²) in [4.78, 5) is 25.9. The van der Waals surface area contributed by atoms with E-state index in [0.717, 1.165) is 70.8 Å². The number of halogens is 1. The Morgan fingerprint density at radius 1 is 0.975 bits per heavy atom. The van der Waals surface area contributed by atoms with Gasteiger partial charge in [-0.25, -0.2) is 9.18 Å². The van der Waals surface area contributed by atoms with Crippen molar-refractivity contribution in [3.05, 3.63) is 92.9 Å². The van der Waals surface area contributed by atoms with E-state index in [0.29, 0.717) is 11.0 Å². The van der Waals surface area contributed by atoms with E-state index in [1.807, 2.05) is 46.7 Å². The minimum absolute atomic E-state index is 0.187. The van der Waals surface area contributed by atoms with E-state index in [9.17, 15) is 9.18 Å². The van der Waals surface area contributed by atoms with Crippen LogP contribution in [0.5, 0.6) is 0 Å². The van der Waals surface area contributed by atoms with Gasteiger partial charge in [-0.15, -0.1) is 16.4 Å². The van der Waals surface area contributed by atoms with Gasteiger partial charge >= 0.3 is 5.97 Å². The summed E-state index contributed by atoms with van der Waals surface area (Å²) in [5.41, 5.74) is 6.51. The van der Waals surface area contributed by atoms with Crippen LogP contribution in [0.1, 0.15) is 58.8 Å². The number of nitrogens with zero attached hydrogens (tertiary/aromatic N) is 3. The molecule has 210 valence electrons. The van der Waals surface area contributed by atoms with Crippen molar-refractivity contribution < 1.29 is 14.0 Å². The van der Waals surface area contributed by atoms with E-state index in [1.54, 1.807) is 35.4 Å². The molecule has 5 nitrogen and oxygen atoms in total. The average Bonchev–Trinajstić information content (AvgIpc) is 3.39. The van der Waals surface area contributed by atoms with E-state index in [2.05, 4.69) is 29.7 Å². The highest BCUT2D eigenvalue weighted by Gasteiger charge is 2.31. The Kier molecular flexibility index (Phi) is 7.80. The highest BCUT2D eigenvalue weighted by atomic mass is 32.1. The molecule has 0 N–H and O–H groups in total. The van der Waals surface area contributed by atoms with E-state index in [4.69, 9.17) is 4.84 Å². The molecule has 7 heteroatoms. The summed E-state index contributed by atoms with van der Waals surface area (Å²) in [7, 11) is 0. The van der Waals surface area contributed by atoms with Crippen LogP contribution in [-0.2, 0) is 17.8 Å². The predicted molar refractivity (Wildman–Crippen MR) is 160 cm³/mol. The number of hydroxylamine groups is 2. The second kappa shape index (κ2) is 11.5. The van der Waals surface area contributed by atoms with Gasteiger partial charge in [0.1, 0.15) is 5.82 Å². The highest BCUT2D eigenvalue weighted by molar-refractivity contribution is 7.13. The van der Waals surface area contributed by atoms with Crippen LogP contribution in [0, 0.1) is 11.2 Å². The maximum atomic E-state index is 13.5. The van der Waals surface area contributed by atoms with Gasteiger partial charge < -0.3 is 9.74 Å². The maximum absolute atomic E-state index is 13.5. The quantitative estimate of drug-likeness (QED) is 0.332. The molecule has 2 aromatic carbocycles. The second-order valence-corrected chi connectivity index (χ2v) is 13.2. The summed E-state index contributed by atoms with van der Waals surface area (Å²) in [5, 5.41) is 1.81. The molecule has 2 aliphatic heterocycles. The number of thiophene rings is 1. The molecule has 0 bridgehead atoms. The number of hydrogen-bond acceptors (Lipinski definition) is 6. The summed E-state index contributed by atoms with van der Waals surface area (Å²) in [6.07, 6.45) is 4.49. The summed E-state index contributed by atoms with van der Waals surface area (Å²) in [6.45, 7) is 10.8. The summed E-state index contributed by atoms with van der Waals surface area (Å²) < 4.78 is 13.5. The van der Waals surface area contributed by atoms with Crippen molar-refractivity contribution in [3.8, 4) is 0 Å². The number of hydrogen-bond donors (Lipinski definition) is 0. The number of benzene rings is 2. The van der Waals surface area contributed by atoms with Crippen molar-refractivity contribution in [1.29, 1.82) is 0 Å². The zero-order valence-electron chi connectivity index (χ0n) is 23.5. The van der Waals surface area contributed by atoms with E-state index in [1.165, 1.54) is 21.7 Å². The fraction of sp³-hybridized carbons (Fsp3) is 0.424. The number of piperazine rings is 1. The number of anilines is 1. The summed E-state index contributed by atoms with van der Waals surface area (Å²) in [6, 6.07) is 18.5. The predicted octanol–water partition coefficient (Wildman–Crippen LogP) is 6.80. The van der Waals surface area contributed by atoms with Crippen LogP contribution in [0.4, 0.5) is 10.1 Å². The molecule has 40 heavy (non-hydrogen) atoms. The van der Waals surface area contributed by atoms with Crippen LogP contribution in [0.3, 0.4) is 0 Å². The van der Waals surface area contributed by atoms with Crippen molar-refractivity contribution in [1.82, 2.24) is 9.96 Å². The zero-order valence-corrected chi connectivity index (χ0v) is 24.3. The number of carbonyl (C=O) groups excluding carboxylic acids is 1. The molecular formula is C33H38FN3O2S. The molecule has 0 unspecified atom stereocenters. The molecule has 0 radical (unpaired) electrons. The molecule has 1 aliphatic carbocycles. The third-order valence-corrected chi connectivity index (χ3v) is 9.81. The van der Waals surface area contributed by atoms with E-state index >= 15 is 0 Å². The lowest BCUT2D eigenvalue weighted by Gasteiger charge is -2.37. The van der Waals surface area contributed by atoms with Gasteiger partial charge in [-0.2, -0.15) is 0 Å². The monoisotopic (exact) mass is 559 g/mol. The van der Waals surface area contributed by atoms with Gasteiger partial charge in [-0.05, 0) is 84.7 Å². The van der Waals surface area contributed by atoms with E-state index in [-0.39, 0.29) is 11.8 Å². The van der Waals surface area contributed by atoms with Crippen LogP contribution in [0.25, 0.3) is 5.57 Å². The average molecular weight is 560 g/mol. The van der Waals surface area contributed by atoms with Crippen LogP contribution < -0.4 is 4.90 Å². The standard InChI is InChI=1S/C33H38FN3O2S/c1-33(2)14-12-25(22-35-16-18-37(19-17-35)39-32(38)24-6-4-3-5-7-24)29(21-33)31-20-26-23-36(15-13-30(26)40-31)28-10-8-27(34)9-11-28/h3-11,20H,12-19,21-23H2,1-2H3. The molecule has 1 saturated heterocycles. The number of rotatable bonds is 6. The fourth-order valence-corrected chi connectivity index (χ4v) is 7.37. The number of carbonyl (C=O) groups is 1. The zero-order chi connectivity index (χ0) is 27.7. The lowest BCUT2D eigenvalue weighted by Crippen LogP contribution is -2.47. The molecule has 3 heterocycles. The lowest BCUT2D eigenvalue weighted by molar-refractivity contribution is -0.129. The molecule has 3 aromatic rings. The largest absolute Gasteiger partial charge is 0.367 e. The number of fused-ring (bicyclic) bond motifs is 1. The van der Waals surface area contributed by atoms with Gasteiger partial charge in [-0.1, -0.05) is 37.6 Å². The van der Waals surface area contributed by atoms with Crippen LogP contribution >= 0.6 is 11.3 Å². The molecule has 0 atom stereocenters. The first kappa shape index (κ1) is 27.2. The minimum Gasteiger partial charge on any atom is -0.367 e. The molecule has 0 spiro atoms. The van der Waals surface area contributed by atoms with Gasteiger partial charge in [0, 0.05) is 61.3 Å². The molecule has 0 amide bonds. The Labute approximate surface area is 240 Å². The van der Waals surface area contributed by atoms with Gasteiger partial charge in [0.25, 0.3) is 0 Å². The van der Waals surface area contributed by atoms with Crippen molar-refractivity contribution >= 4 is 28.6 Å². The fourth-order valence-electron chi connectivity index (χ4n) is 6.12. The Morgan fingerprint density at radius 3 is 2.48 bits per heavy atom. The minimum atomic E-state index is -0.284. The first-order chi connectivity index (χ1) is 19.3. The molecule has 1 fully saturated rings. The van der Waals surface area contributed by atoms with Gasteiger partial charge in [0.15, 0.2) is 0 Å². The normalized spacial score (nSPS) is 19.9. The third-order valence-electron chi connectivity index (χ3n) is 8.51.